The Morgan fingerprint density at radius 2 is 1.89 bits per heavy atom. The first-order valence-corrected chi connectivity index (χ1v) is 9.13. The summed E-state index contributed by atoms with van der Waals surface area (Å²) in [6, 6.07) is 14.7. The molecule has 1 atom stereocenters. The topological polar surface area (TPSA) is 83.0 Å². The maximum atomic E-state index is 9.62. The molecule has 0 fully saturated rings. The highest BCUT2D eigenvalue weighted by Crippen LogP contribution is 2.24. The third kappa shape index (κ3) is 5.15. The molecule has 0 aliphatic carbocycles. The highest BCUT2D eigenvalue weighted by Gasteiger charge is 2.15. The summed E-state index contributed by atoms with van der Waals surface area (Å²) in [6.45, 7) is 4.05. The van der Waals surface area contributed by atoms with Crippen LogP contribution < -0.4 is 10.6 Å². The first kappa shape index (κ1) is 19.1. The zero-order valence-electron chi connectivity index (χ0n) is 15.2. The molecule has 0 aliphatic rings. The average Bonchev–Trinajstić information content (AvgIpc) is 2.66. The highest BCUT2D eigenvalue weighted by atomic mass is 35.5. The predicted octanol–water partition coefficient (Wildman–Crippen LogP) is 4.36. The second-order valence-electron chi connectivity index (χ2n) is 6.49. The molecule has 7 heteroatoms. The van der Waals surface area contributed by atoms with Crippen molar-refractivity contribution in [1.82, 2.24) is 15.0 Å². The van der Waals surface area contributed by atoms with E-state index in [-0.39, 0.29) is 18.6 Å². The number of rotatable bonds is 7. The molecule has 0 bridgehead atoms. The minimum Gasteiger partial charge on any atom is -0.394 e. The summed E-state index contributed by atoms with van der Waals surface area (Å²) in [5.74, 6) is 1.26. The summed E-state index contributed by atoms with van der Waals surface area (Å²) in [4.78, 5) is 13.5. The van der Waals surface area contributed by atoms with Crippen LogP contribution in [0.4, 0.5) is 17.5 Å². The van der Waals surface area contributed by atoms with Crippen LogP contribution in [-0.4, -0.2) is 32.7 Å². The van der Waals surface area contributed by atoms with Gasteiger partial charge in [0.1, 0.15) is 5.82 Å². The van der Waals surface area contributed by atoms with Crippen LogP contribution in [0.5, 0.6) is 0 Å². The van der Waals surface area contributed by atoms with Crippen molar-refractivity contribution in [3.05, 3.63) is 59.8 Å². The molecule has 0 saturated heterocycles. The zero-order valence-corrected chi connectivity index (χ0v) is 16.0. The molecule has 2 aromatic heterocycles. The second-order valence-corrected chi connectivity index (χ2v) is 6.93. The van der Waals surface area contributed by atoms with Crippen LogP contribution in [0.2, 0.25) is 5.02 Å². The molecule has 1 aromatic carbocycles. The lowest BCUT2D eigenvalue weighted by Crippen LogP contribution is -2.30. The summed E-state index contributed by atoms with van der Waals surface area (Å²) >= 11 is 6.07. The fraction of sp³-hybridized carbons (Fsp3) is 0.250. The van der Waals surface area contributed by atoms with Gasteiger partial charge >= 0.3 is 0 Å². The number of hydrogen-bond acceptors (Lipinski definition) is 6. The SMILES string of the molecule is CC(C)[C@H](CO)Nc1nc(Nc2cccc(Cl)c2)cc(-c2ccccn2)n1. The van der Waals surface area contributed by atoms with E-state index in [1.807, 2.05) is 62.4 Å². The van der Waals surface area contributed by atoms with Crippen molar-refractivity contribution in [3.63, 3.8) is 0 Å². The summed E-state index contributed by atoms with van der Waals surface area (Å²) in [5, 5.41) is 16.7. The van der Waals surface area contributed by atoms with Gasteiger partial charge in [0, 0.05) is 23.0 Å². The number of hydrogen-bond donors (Lipinski definition) is 3. The highest BCUT2D eigenvalue weighted by molar-refractivity contribution is 6.30. The molecule has 0 amide bonds. The van der Waals surface area contributed by atoms with Crippen molar-refractivity contribution in [2.24, 2.45) is 5.92 Å². The van der Waals surface area contributed by atoms with Crippen molar-refractivity contribution < 1.29 is 5.11 Å². The van der Waals surface area contributed by atoms with Crippen LogP contribution in [0, 0.1) is 5.92 Å². The fourth-order valence-corrected chi connectivity index (χ4v) is 2.71. The number of anilines is 3. The summed E-state index contributed by atoms with van der Waals surface area (Å²) < 4.78 is 0. The lowest BCUT2D eigenvalue weighted by atomic mass is 10.1. The monoisotopic (exact) mass is 383 g/mol. The predicted molar refractivity (Wildman–Crippen MR) is 109 cm³/mol. The van der Waals surface area contributed by atoms with Crippen LogP contribution in [-0.2, 0) is 0 Å². The Bertz CT molecular complexity index is 889. The van der Waals surface area contributed by atoms with Crippen molar-refractivity contribution >= 4 is 29.1 Å². The van der Waals surface area contributed by atoms with E-state index in [2.05, 4.69) is 25.6 Å². The largest absolute Gasteiger partial charge is 0.394 e. The molecule has 0 unspecified atom stereocenters. The summed E-state index contributed by atoms with van der Waals surface area (Å²) in [7, 11) is 0. The molecule has 3 N–H and O–H groups in total. The number of halogens is 1. The van der Waals surface area contributed by atoms with Gasteiger partial charge < -0.3 is 15.7 Å². The molecule has 3 rings (SSSR count). The molecular formula is C20H22ClN5O. The lowest BCUT2D eigenvalue weighted by Gasteiger charge is -2.20. The van der Waals surface area contributed by atoms with E-state index in [4.69, 9.17) is 11.6 Å². The fourth-order valence-electron chi connectivity index (χ4n) is 2.52. The molecule has 3 aromatic rings. The Balaban J connectivity index is 1.97. The normalized spacial score (nSPS) is 12.0. The zero-order chi connectivity index (χ0) is 19.2. The van der Waals surface area contributed by atoms with Gasteiger partial charge in [-0.1, -0.05) is 37.6 Å². The van der Waals surface area contributed by atoms with Gasteiger partial charge in [-0.3, -0.25) is 4.98 Å². The molecular weight excluding hydrogens is 362 g/mol. The van der Waals surface area contributed by atoms with E-state index in [1.165, 1.54) is 0 Å². The number of nitrogens with one attached hydrogen (secondary N) is 2. The van der Waals surface area contributed by atoms with Crippen LogP contribution in [0.1, 0.15) is 13.8 Å². The van der Waals surface area contributed by atoms with Crippen LogP contribution in [0.15, 0.2) is 54.7 Å². The standard InChI is InChI=1S/C20H22ClN5O/c1-13(2)18(12-27)25-20-24-17(16-8-3-4-9-22-16)11-19(26-20)23-15-7-5-6-14(21)10-15/h3-11,13,18,27H,12H2,1-2H3,(H2,23,24,25,26)/t18-/m0/s1. The van der Waals surface area contributed by atoms with E-state index in [0.29, 0.717) is 22.5 Å². The third-order valence-corrected chi connectivity index (χ3v) is 4.30. The number of benzene rings is 1. The van der Waals surface area contributed by atoms with Crippen molar-refractivity contribution in [2.75, 3.05) is 17.2 Å². The number of aliphatic hydroxyl groups is 1. The van der Waals surface area contributed by atoms with Crippen LogP contribution in [0.3, 0.4) is 0 Å². The Morgan fingerprint density at radius 3 is 2.56 bits per heavy atom. The van der Waals surface area contributed by atoms with Gasteiger partial charge in [0.25, 0.3) is 0 Å². The first-order chi connectivity index (χ1) is 13.0. The van der Waals surface area contributed by atoms with Crippen LogP contribution in [0.25, 0.3) is 11.4 Å². The minimum atomic E-state index is -0.150. The maximum absolute atomic E-state index is 9.62. The molecule has 2 heterocycles. The molecule has 0 aliphatic heterocycles. The number of pyridine rings is 1. The molecule has 0 saturated carbocycles. The molecule has 0 spiro atoms. The molecule has 140 valence electrons. The first-order valence-electron chi connectivity index (χ1n) is 8.75. The van der Waals surface area contributed by atoms with E-state index in [1.54, 1.807) is 6.20 Å². The number of aromatic nitrogens is 3. The summed E-state index contributed by atoms with van der Waals surface area (Å²) in [5.41, 5.74) is 2.24. The Hall–Kier alpha value is -2.70. The van der Waals surface area contributed by atoms with Crippen molar-refractivity contribution in [3.8, 4) is 11.4 Å². The number of aliphatic hydroxyl groups excluding tert-OH is 1. The third-order valence-electron chi connectivity index (χ3n) is 4.07. The molecule has 6 nitrogen and oxygen atoms in total. The van der Waals surface area contributed by atoms with Gasteiger partial charge in [0.05, 0.1) is 24.0 Å². The lowest BCUT2D eigenvalue weighted by molar-refractivity contribution is 0.248. The van der Waals surface area contributed by atoms with E-state index in [9.17, 15) is 5.11 Å². The Kier molecular flexibility index (Phi) is 6.21. The Morgan fingerprint density at radius 1 is 1.04 bits per heavy atom. The summed E-state index contributed by atoms with van der Waals surface area (Å²) in [6.07, 6.45) is 1.72. The smallest absolute Gasteiger partial charge is 0.225 e. The van der Waals surface area contributed by atoms with E-state index < -0.39 is 0 Å². The van der Waals surface area contributed by atoms with E-state index >= 15 is 0 Å². The quantitative estimate of drug-likeness (QED) is 0.562. The van der Waals surface area contributed by atoms with Crippen molar-refractivity contribution in [2.45, 2.75) is 19.9 Å². The van der Waals surface area contributed by atoms with Gasteiger partial charge in [-0.15, -0.1) is 0 Å². The Labute approximate surface area is 163 Å². The average molecular weight is 384 g/mol. The van der Waals surface area contributed by atoms with Gasteiger partial charge in [0.15, 0.2) is 0 Å². The minimum absolute atomic E-state index is 0.00804. The van der Waals surface area contributed by atoms with Gasteiger partial charge in [-0.05, 0) is 36.2 Å². The maximum Gasteiger partial charge on any atom is 0.225 e. The van der Waals surface area contributed by atoms with Gasteiger partial charge in [-0.25, -0.2) is 4.98 Å². The van der Waals surface area contributed by atoms with Crippen molar-refractivity contribution in [1.29, 1.82) is 0 Å². The molecule has 27 heavy (non-hydrogen) atoms. The number of nitrogens with zero attached hydrogens (tertiary/aromatic N) is 3. The van der Waals surface area contributed by atoms with Gasteiger partial charge in [0.2, 0.25) is 5.95 Å². The van der Waals surface area contributed by atoms with Gasteiger partial charge in [-0.2, -0.15) is 4.98 Å². The second kappa shape index (κ2) is 8.79. The van der Waals surface area contributed by atoms with E-state index in [0.717, 1.165) is 11.4 Å². The molecule has 0 radical (unpaired) electrons. The van der Waals surface area contributed by atoms with Crippen LogP contribution >= 0.6 is 11.6 Å².